The predicted molar refractivity (Wildman–Crippen MR) is 106 cm³/mol. The highest BCUT2D eigenvalue weighted by atomic mass is 32.2. The first-order valence-corrected chi connectivity index (χ1v) is 12.3. The monoisotopic (exact) mass is 440 g/mol. The van der Waals surface area contributed by atoms with E-state index in [0.717, 1.165) is 6.26 Å². The molecular weight excluding hydrogens is 419 g/mol. The van der Waals surface area contributed by atoms with Crippen LogP contribution in [-0.4, -0.2) is 46.4 Å². The van der Waals surface area contributed by atoms with Crippen LogP contribution in [0.5, 0.6) is 0 Å². The summed E-state index contributed by atoms with van der Waals surface area (Å²) in [6.07, 6.45) is 1.56. The van der Waals surface area contributed by atoms with Gasteiger partial charge in [0.1, 0.15) is 10.7 Å². The van der Waals surface area contributed by atoms with Crippen LogP contribution < -0.4 is 5.32 Å². The van der Waals surface area contributed by atoms with Crippen LogP contribution in [0.25, 0.3) is 0 Å². The number of nitrogens with zero attached hydrogens (tertiary/aromatic N) is 1. The molecule has 1 N–H and O–H groups in total. The van der Waals surface area contributed by atoms with Gasteiger partial charge in [-0.05, 0) is 49.2 Å². The number of carbonyl (C=O) groups is 1. The van der Waals surface area contributed by atoms with Crippen molar-refractivity contribution in [2.75, 3.05) is 24.7 Å². The van der Waals surface area contributed by atoms with Crippen molar-refractivity contribution in [3.63, 3.8) is 0 Å². The number of rotatable bonds is 5. The van der Waals surface area contributed by atoms with Crippen molar-refractivity contribution in [1.29, 1.82) is 0 Å². The van der Waals surface area contributed by atoms with Crippen molar-refractivity contribution in [1.82, 2.24) is 4.31 Å². The Morgan fingerprint density at radius 3 is 2.07 bits per heavy atom. The largest absolute Gasteiger partial charge is 0.326 e. The third-order valence-electron chi connectivity index (χ3n) is 4.80. The van der Waals surface area contributed by atoms with Crippen LogP contribution in [0.2, 0.25) is 0 Å². The number of piperidine rings is 1. The normalized spacial score (nSPS) is 16.5. The van der Waals surface area contributed by atoms with Crippen LogP contribution in [0, 0.1) is 11.7 Å². The third kappa shape index (κ3) is 4.82. The topological polar surface area (TPSA) is 101 Å². The molecule has 0 atom stereocenters. The number of nitrogens with one attached hydrogen (secondary N) is 1. The zero-order valence-electron chi connectivity index (χ0n) is 15.7. The van der Waals surface area contributed by atoms with Crippen LogP contribution in [0.1, 0.15) is 12.8 Å². The Labute approximate surface area is 169 Å². The molecular formula is C19H21FN2O5S2. The molecule has 10 heteroatoms. The molecule has 1 aliphatic heterocycles. The van der Waals surface area contributed by atoms with E-state index in [9.17, 15) is 26.0 Å². The second-order valence-corrected chi connectivity index (χ2v) is 10.8. The van der Waals surface area contributed by atoms with Crippen molar-refractivity contribution in [2.45, 2.75) is 22.6 Å². The van der Waals surface area contributed by atoms with Gasteiger partial charge in [0.25, 0.3) is 0 Å². The predicted octanol–water partition coefficient (Wildman–Crippen LogP) is 2.27. The Balaban J connectivity index is 1.70. The van der Waals surface area contributed by atoms with E-state index in [1.54, 1.807) is 0 Å². The highest BCUT2D eigenvalue weighted by molar-refractivity contribution is 7.93. The van der Waals surface area contributed by atoms with E-state index < -0.39 is 31.6 Å². The number of halogens is 1. The lowest BCUT2D eigenvalue weighted by Gasteiger charge is -2.31. The average molecular weight is 441 g/mol. The Bertz CT molecular complexity index is 1110. The van der Waals surface area contributed by atoms with E-state index in [-0.39, 0.29) is 28.8 Å². The fourth-order valence-corrected chi connectivity index (χ4v) is 6.32. The molecule has 3 rings (SSSR count). The number of sulfonamides is 1. The van der Waals surface area contributed by atoms with Gasteiger partial charge in [-0.3, -0.25) is 4.79 Å². The Hall–Kier alpha value is -2.30. The first-order valence-electron chi connectivity index (χ1n) is 8.95. The maximum absolute atomic E-state index is 13.0. The number of sulfone groups is 1. The lowest BCUT2D eigenvalue weighted by atomic mass is 9.97. The average Bonchev–Trinajstić information content (AvgIpc) is 2.69. The maximum atomic E-state index is 13.0. The van der Waals surface area contributed by atoms with E-state index in [0.29, 0.717) is 18.5 Å². The molecule has 0 aliphatic carbocycles. The summed E-state index contributed by atoms with van der Waals surface area (Å²) in [5.41, 5.74) is 0.466. The van der Waals surface area contributed by atoms with E-state index in [2.05, 4.69) is 5.32 Å². The van der Waals surface area contributed by atoms with Crippen molar-refractivity contribution < 1.29 is 26.0 Å². The molecule has 1 heterocycles. The molecule has 0 spiro atoms. The van der Waals surface area contributed by atoms with Gasteiger partial charge < -0.3 is 5.32 Å². The van der Waals surface area contributed by atoms with Crippen LogP contribution in [0.3, 0.4) is 0 Å². The molecule has 0 saturated carbocycles. The van der Waals surface area contributed by atoms with Gasteiger partial charge in [0, 0.05) is 31.0 Å². The van der Waals surface area contributed by atoms with Gasteiger partial charge in [-0.25, -0.2) is 21.2 Å². The molecule has 156 valence electrons. The molecule has 0 bridgehead atoms. The zero-order chi connectivity index (χ0) is 21.2. The summed E-state index contributed by atoms with van der Waals surface area (Å²) in [6.45, 7) is 0.198. The molecule has 7 nitrogen and oxygen atoms in total. The summed E-state index contributed by atoms with van der Waals surface area (Å²) in [5.74, 6) is -1.06. The molecule has 2 aromatic carbocycles. The third-order valence-corrected chi connectivity index (χ3v) is 8.04. The molecule has 0 aromatic heterocycles. The molecule has 1 amide bonds. The molecule has 1 fully saturated rings. The minimum Gasteiger partial charge on any atom is -0.326 e. The summed E-state index contributed by atoms with van der Waals surface area (Å²) in [7, 11) is -7.72. The van der Waals surface area contributed by atoms with Gasteiger partial charge >= 0.3 is 0 Å². The quantitative estimate of drug-likeness (QED) is 0.769. The summed E-state index contributed by atoms with van der Waals surface area (Å²) in [4.78, 5) is 11.9. The van der Waals surface area contributed by atoms with Crippen molar-refractivity contribution in [2.24, 2.45) is 5.92 Å². The highest BCUT2D eigenvalue weighted by Crippen LogP contribution is 2.28. The number of anilines is 1. The summed E-state index contributed by atoms with van der Waals surface area (Å²) < 4.78 is 64.0. The molecule has 2 aromatic rings. The Kier molecular flexibility index (Phi) is 6.06. The summed E-state index contributed by atoms with van der Waals surface area (Å²) in [6, 6.07) is 10.9. The number of hydrogen-bond acceptors (Lipinski definition) is 5. The molecule has 0 unspecified atom stereocenters. The van der Waals surface area contributed by atoms with Crippen LogP contribution in [0.15, 0.2) is 58.3 Å². The van der Waals surface area contributed by atoms with Gasteiger partial charge in [-0.15, -0.1) is 0 Å². The van der Waals surface area contributed by atoms with Crippen LogP contribution in [0.4, 0.5) is 10.1 Å². The summed E-state index contributed by atoms with van der Waals surface area (Å²) >= 11 is 0. The van der Waals surface area contributed by atoms with Gasteiger partial charge in [0.15, 0.2) is 9.84 Å². The summed E-state index contributed by atoms with van der Waals surface area (Å²) in [5, 5.41) is 2.70. The lowest BCUT2D eigenvalue weighted by Crippen LogP contribution is -2.41. The van der Waals surface area contributed by atoms with E-state index in [4.69, 9.17) is 0 Å². The first-order chi connectivity index (χ1) is 13.6. The second kappa shape index (κ2) is 8.21. The number of carbonyl (C=O) groups excluding carboxylic acids is 1. The Morgan fingerprint density at radius 1 is 0.966 bits per heavy atom. The number of hydrogen-bond donors (Lipinski definition) is 1. The Morgan fingerprint density at radius 2 is 1.52 bits per heavy atom. The second-order valence-electron chi connectivity index (χ2n) is 6.89. The fraction of sp³-hybridized carbons (Fsp3) is 0.316. The van der Waals surface area contributed by atoms with E-state index in [1.807, 2.05) is 0 Å². The number of benzene rings is 2. The van der Waals surface area contributed by atoms with Gasteiger partial charge in [0.2, 0.25) is 15.9 Å². The minimum atomic E-state index is -4.01. The lowest BCUT2D eigenvalue weighted by molar-refractivity contribution is -0.120. The zero-order valence-corrected chi connectivity index (χ0v) is 17.3. The molecule has 29 heavy (non-hydrogen) atoms. The van der Waals surface area contributed by atoms with Crippen LogP contribution in [-0.2, 0) is 24.7 Å². The fourth-order valence-electron chi connectivity index (χ4n) is 3.24. The molecule has 1 aliphatic rings. The smallest absolute Gasteiger partial charge is 0.244 e. The van der Waals surface area contributed by atoms with E-state index in [1.165, 1.54) is 52.8 Å². The van der Waals surface area contributed by atoms with Gasteiger partial charge in [-0.2, -0.15) is 4.31 Å². The highest BCUT2D eigenvalue weighted by Gasteiger charge is 2.34. The van der Waals surface area contributed by atoms with Crippen LogP contribution >= 0.6 is 0 Å². The van der Waals surface area contributed by atoms with E-state index >= 15 is 0 Å². The standard InChI is InChI=1S/C19H21FN2O5S2/c1-28(24,25)17-4-2-3-5-18(17)29(26,27)22-12-10-14(11-13-22)19(23)21-16-8-6-15(20)7-9-16/h2-9,14H,10-13H2,1H3,(H,21,23). The van der Waals surface area contributed by atoms with Crippen molar-refractivity contribution in [3.05, 3.63) is 54.3 Å². The maximum Gasteiger partial charge on any atom is 0.244 e. The van der Waals surface area contributed by atoms with Crippen molar-refractivity contribution >= 4 is 31.5 Å². The minimum absolute atomic E-state index is 0.0991. The van der Waals surface area contributed by atoms with Gasteiger partial charge in [0.05, 0.1) is 4.90 Å². The molecule has 0 radical (unpaired) electrons. The van der Waals surface area contributed by atoms with Crippen molar-refractivity contribution in [3.8, 4) is 0 Å². The first kappa shape index (κ1) is 21.4. The molecule has 1 saturated heterocycles. The SMILES string of the molecule is CS(=O)(=O)c1ccccc1S(=O)(=O)N1CCC(C(=O)Nc2ccc(F)cc2)CC1. The number of amides is 1. The van der Waals surface area contributed by atoms with Gasteiger partial charge in [-0.1, -0.05) is 12.1 Å².